The number of hydrogen-bond donors (Lipinski definition) is 2. The molecule has 0 aliphatic heterocycles. The van der Waals surface area contributed by atoms with Gasteiger partial charge >= 0.3 is 0 Å². The van der Waals surface area contributed by atoms with Gasteiger partial charge in [-0.1, -0.05) is 40.2 Å². The monoisotopic (exact) mass is 382 g/mol. The highest BCUT2D eigenvalue weighted by molar-refractivity contribution is 9.10. The Bertz CT molecular complexity index is 865. The maximum Gasteiger partial charge on any atom is 0.276 e. The maximum absolute atomic E-state index is 12.2. The molecule has 2 aromatic carbocycles. The minimum absolute atomic E-state index is 0.262. The Morgan fingerprint density at radius 1 is 1.00 bits per heavy atom. The maximum atomic E-state index is 12.2. The lowest BCUT2D eigenvalue weighted by atomic mass is 10.2. The Balaban J connectivity index is 1.70. The Kier molecular flexibility index (Phi) is 4.86. The number of rotatable bonds is 4. The van der Waals surface area contributed by atoms with Gasteiger partial charge in [-0.3, -0.25) is 4.79 Å². The predicted octanol–water partition coefficient (Wildman–Crippen LogP) is 4.54. The summed E-state index contributed by atoms with van der Waals surface area (Å²) >= 11 is 3.41. The van der Waals surface area contributed by atoms with Crippen LogP contribution in [0.15, 0.2) is 65.1 Å². The zero-order valence-corrected chi connectivity index (χ0v) is 14.5. The molecule has 3 aromatic rings. The van der Waals surface area contributed by atoms with E-state index in [1.165, 1.54) is 0 Å². The number of hydrogen-bond acceptors (Lipinski definition) is 4. The average molecular weight is 383 g/mol. The number of nitrogens with zero attached hydrogens (tertiary/aromatic N) is 2. The molecule has 0 bridgehead atoms. The molecule has 0 unspecified atom stereocenters. The van der Waals surface area contributed by atoms with E-state index in [-0.39, 0.29) is 11.6 Å². The Morgan fingerprint density at radius 3 is 2.54 bits per heavy atom. The topological polar surface area (TPSA) is 66.9 Å². The van der Waals surface area contributed by atoms with E-state index in [4.69, 9.17) is 0 Å². The molecule has 0 atom stereocenters. The minimum atomic E-state index is -0.286. The standard InChI is InChI=1S/C18H15BrN4O/c1-12-5-2-3-8-15(12)21-18(24)16-9-10-17(23-22-16)20-14-7-4-6-13(19)11-14/h2-11H,1H3,(H,20,23)(H,21,24). The van der Waals surface area contributed by atoms with Crippen LogP contribution >= 0.6 is 15.9 Å². The first-order valence-electron chi connectivity index (χ1n) is 7.35. The molecule has 1 heterocycles. The molecule has 0 saturated heterocycles. The third-order valence-corrected chi connectivity index (χ3v) is 3.88. The molecule has 5 nitrogen and oxygen atoms in total. The summed E-state index contributed by atoms with van der Waals surface area (Å²) in [6.07, 6.45) is 0. The summed E-state index contributed by atoms with van der Waals surface area (Å²) < 4.78 is 0.967. The van der Waals surface area contributed by atoms with Gasteiger partial charge < -0.3 is 10.6 Å². The molecule has 0 fully saturated rings. The van der Waals surface area contributed by atoms with E-state index in [0.717, 1.165) is 21.4 Å². The predicted molar refractivity (Wildman–Crippen MR) is 98.6 cm³/mol. The summed E-state index contributed by atoms with van der Waals surface area (Å²) in [6, 6.07) is 18.7. The fourth-order valence-corrected chi connectivity index (χ4v) is 2.53. The quantitative estimate of drug-likeness (QED) is 0.694. The Morgan fingerprint density at radius 2 is 1.83 bits per heavy atom. The molecule has 2 N–H and O–H groups in total. The van der Waals surface area contributed by atoms with Gasteiger partial charge in [0.2, 0.25) is 0 Å². The number of para-hydroxylation sites is 1. The first-order valence-corrected chi connectivity index (χ1v) is 8.14. The van der Waals surface area contributed by atoms with Gasteiger partial charge in [0.25, 0.3) is 5.91 Å². The van der Waals surface area contributed by atoms with Gasteiger partial charge in [0.1, 0.15) is 0 Å². The summed E-state index contributed by atoms with van der Waals surface area (Å²) in [5.41, 5.74) is 2.90. The minimum Gasteiger partial charge on any atom is -0.339 e. The van der Waals surface area contributed by atoms with Crippen LogP contribution in [0, 0.1) is 6.92 Å². The second-order valence-electron chi connectivity index (χ2n) is 5.21. The van der Waals surface area contributed by atoms with Crippen LogP contribution in [0.5, 0.6) is 0 Å². The molecule has 120 valence electrons. The van der Waals surface area contributed by atoms with E-state index >= 15 is 0 Å². The van der Waals surface area contributed by atoms with Gasteiger partial charge in [0.05, 0.1) is 0 Å². The number of benzene rings is 2. The number of aromatic nitrogens is 2. The van der Waals surface area contributed by atoms with E-state index in [1.807, 2.05) is 55.5 Å². The lowest BCUT2D eigenvalue weighted by Gasteiger charge is -2.08. The number of aryl methyl sites for hydroxylation is 1. The zero-order chi connectivity index (χ0) is 16.9. The summed E-state index contributed by atoms with van der Waals surface area (Å²) in [5, 5.41) is 14.0. The fraction of sp³-hybridized carbons (Fsp3) is 0.0556. The Hall–Kier alpha value is -2.73. The van der Waals surface area contributed by atoms with Gasteiger partial charge in [-0.25, -0.2) is 0 Å². The summed E-state index contributed by atoms with van der Waals surface area (Å²) in [7, 11) is 0. The molecule has 3 rings (SSSR count). The van der Waals surface area contributed by atoms with E-state index in [1.54, 1.807) is 12.1 Å². The molecule has 0 saturated carbocycles. The van der Waals surface area contributed by atoms with Crippen molar-refractivity contribution in [3.05, 3.63) is 76.4 Å². The molecular formula is C18H15BrN4O. The van der Waals surface area contributed by atoms with Crippen LogP contribution in [0.1, 0.15) is 16.1 Å². The SMILES string of the molecule is Cc1ccccc1NC(=O)c1ccc(Nc2cccc(Br)c2)nn1. The van der Waals surface area contributed by atoms with Crippen molar-refractivity contribution in [1.82, 2.24) is 10.2 Å². The fourth-order valence-electron chi connectivity index (χ4n) is 2.13. The van der Waals surface area contributed by atoms with Gasteiger partial charge in [-0.2, -0.15) is 0 Å². The van der Waals surface area contributed by atoms with Crippen LogP contribution in [-0.4, -0.2) is 16.1 Å². The number of amides is 1. The summed E-state index contributed by atoms with van der Waals surface area (Å²) in [5.74, 6) is 0.284. The van der Waals surface area contributed by atoms with Crippen molar-refractivity contribution in [1.29, 1.82) is 0 Å². The van der Waals surface area contributed by atoms with E-state index in [2.05, 4.69) is 36.8 Å². The largest absolute Gasteiger partial charge is 0.339 e. The number of carbonyl (C=O) groups is 1. The third-order valence-electron chi connectivity index (χ3n) is 3.39. The molecule has 1 amide bonds. The van der Waals surface area contributed by atoms with Crippen molar-refractivity contribution in [3.63, 3.8) is 0 Å². The lowest BCUT2D eigenvalue weighted by Crippen LogP contribution is -2.15. The van der Waals surface area contributed by atoms with Crippen molar-refractivity contribution >= 4 is 39.0 Å². The summed E-state index contributed by atoms with van der Waals surface area (Å²) in [4.78, 5) is 12.2. The molecule has 0 aliphatic carbocycles. The smallest absolute Gasteiger partial charge is 0.276 e. The van der Waals surface area contributed by atoms with Gasteiger partial charge in [0.15, 0.2) is 11.5 Å². The van der Waals surface area contributed by atoms with Gasteiger partial charge in [0, 0.05) is 15.8 Å². The van der Waals surface area contributed by atoms with Crippen LogP contribution in [0.25, 0.3) is 0 Å². The number of carbonyl (C=O) groups excluding carboxylic acids is 1. The number of nitrogens with one attached hydrogen (secondary N) is 2. The van der Waals surface area contributed by atoms with Crippen LogP contribution in [0.2, 0.25) is 0 Å². The second kappa shape index (κ2) is 7.23. The van der Waals surface area contributed by atoms with Gasteiger partial charge in [-0.15, -0.1) is 10.2 Å². The first kappa shape index (κ1) is 16.1. The lowest BCUT2D eigenvalue weighted by molar-refractivity contribution is 0.102. The van der Waals surface area contributed by atoms with Crippen molar-refractivity contribution in [2.75, 3.05) is 10.6 Å². The number of anilines is 3. The van der Waals surface area contributed by atoms with Crippen LogP contribution in [0.3, 0.4) is 0 Å². The average Bonchev–Trinajstić information content (AvgIpc) is 2.57. The third kappa shape index (κ3) is 3.97. The van der Waals surface area contributed by atoms with E-state index in [0.29, 0.717) is 5.82 Å². The van der Waals surface area contributed by atoms with Crippen molar-refractivity contribution in [2.24, 2.45) is 0 Å². The van der Waals surface area contributed by atoms with Crippen molar-refractivity contribution < 1.29 is 4.79 Å². The van der Waals surface area contributed by atoms with Gasteiger partial charge in [-0.05, 0) is 48.9 Å². The molecule has 0 radical (unpaired) electrons. The zero-order valence-electron chi connectivity index (χ0n) is 13.0. The highest BCUT2D eigenvalue weighted by Gasteiger charge is 2.10. The highest BCUT2D eigenvalue weighted by atomic mass is 79.9. The number of halogens is 1. The second-order valence-corrected chi connectivity index (χ2v) is 6.12. The Labute approximate surface area is 148 Å². The molecule has 0 aliphatic rings. The molecule has 1 aromatic heterocycles. The van der Waals surface area contributed by atoms with Crippen LogP contribution in [0.4, 0.5) is 17.2 Å². The van der Waals surface area contributed by atoms with E-state index < -0.39 is 0 Å². The van der Waals surface area contributed by atoms with Crippen LogP contribution < -0.4 is 10.6 Å². The highest BCUT2D eigenvalue weighted by Crippen LogP contribution is 2.19. The first-order chi connectivity index (χ1) is 11.6. The molecule has 6 heteroatoms. The van der Waals surface area contributed by atoms with Crippen molar-refractivity contribution in [2.45, 2.75) is 6.92 Å². The summed E-state index contributed by atoms with van der Waals surface area (Å²) in [6.45, 7) is 1.94. The van der Waals surface area contributed by atoms with Crippen molar-refractivity contribution in [3.8, 4) is 0 Å². The van der Waals surface area contributed by atoms with E-state index in [9.17, 15) is 4.79 Å². The molecular weight excluding hydrogens is 368 g/mol. The normalized spacial score (nSPS) is 10.2. The van der Waals surface area contributed by atoms with Crippen LogP contribution in [-0.2, 0) is 0 Å². The molecule has 0 spiro atoms. The molecule has 24 heavy (non-hydrogen) atoms.